The molecular weight excluding hydrogens is 220 g/mol. The van der Waals surface area contributed by atoms with Crippen molar-refractivity contribution < 1.29 is 53.4 Å². The summed E-state index contributed by atoms with van der Waals surface area (Å²) < 4.78 is 8.55. The zero-order valence-corrected chi connectivity index (χ0v) is 6.99. The van der Waals surface area contributed by atoms with E-state index in [1.165, 1.54) is 0 Å². The smallest absolute Gasteiger partial charge is 0.822 e. The number of hydrogen-bond donors (Lipinski definition) is 1. The molecule has 0 aliphatic rings. The van der Waals surface area contributed by atoms with E-state index in [0.29, 0.717) is 0 Å². The second kappa shape index (κ2) is 8.11. The van der Waals surface area contributed by atoms with Gasteiger partial charge < -0.3 is 25.4 Å². The first kappa shape index (κ1) is 22.9. The molecule has 0 aromatic heterocycles. The minimum atomic E-state index is -5.39. The van der Waals surface area contributed by atoms with Crippen LogP contribution in [0.1, 0.15) is 0 Å². The first-order valence-corrected chi connectivity index (χ1v) is 2.19. The number of phosphoric acid groups is 1. The van der Waals surface area contributed by atoms with Crippen molar-refractivity contribution in [2.75, 3.05) is 0 Å². The van der Waals surface area contributed by atoms with E-state index in [1.54, 1.807) is 0 Å². The second-order valence-corrected chi connectivity index (χ2v) is 1.34. The zero-order valence-electron chi connectivity index (χ0n) is 3.81. The summed E-state index contributed by atoms with van der Waals surface area (Å²) in [6, 6.07) is 0. The molecule has 0 spiro atoms. The SMILES string of the molecule is O=P([O-])([O-])[O-].[Fe+2].[Mn].[NH4+]. The van der Waals surface area contributed by atoms with E-state index < -0.39 is 7.82 Å². The Balaban J connectivity index is -0.0000000267. The van der Waals surface area contributed by atoms with Crippen molar-refractivity contribution in [1.82, 2.24) is 6.15 Å². The normalized spacial score (nSPS) is 7.38. The summed E-state index contributed by atoms with van der Waals surface area (Å²) in [6.45, 7) is 0. The molecule has 0 saturated carbocycles. The second-order valence-electron chi connectivity index (χ2n) is 0.447. The summed E-state index contributed by atoms with van der Waals surface area (Å²) in [5.74, 6) is 0. The third-order valence-electron chi connectivity index (χ3n) is 0. The standard InChI is InChI=1S/Fe.Mn.H3N.H3O4P/c;;;1-5(2,3)4/h;;1H3;(H3,1,2,3,4)/q+2;;;/p-2. The van der Waals surface area contributed by atoms with E-state index in [9.17, 15) is 0 Å². The molecule has 0 aromatic carbocycles. The van der Waals surface area contributed by atoms with Gasteiger partial charge in [0.05, 0.1) is 0 Å². The van der Waals surface area contributed by atoms with Crippen molar-refractivity contribution in [3.63, 3.8) is 0 Å². The van der Waals surface area contributed by atoms with Gasteiger partial charge in [0.15, 0.2) is 0 Å². The van der Waals surface area contributed by atoms with Gasteiger partial charge in [0, 0.05) is 17.1 Å². The van der Waals surface area contributed by atoms with Gasteiger partial charge in [-0.25, -0.2) is 0 Å². The maximum Gasteiger partial charge on any atom is 2.00 e. The Morgan fingerprint density at radius 1 is 1.12 bits per heavy atom. The molecule has 8 heteroatoms. The van der Waals surface area contributed by atoms with Crippen LogP contribution >= 0.6 is 7.82 Å². The molecule has 0 aromatic rings. The monoisotopic (exact) mass is 224 g/mol. The average molecular weight is 224 g/mol. The van der Waals surface area contributed by atoms with Crippen LogP contribution in [0.2, 0.25) is 0 Å². The topological polar surface area (TPSA) is 123 Å². The van der Waals surface area contributed by atoms with Crippen LogP contribution in [0.25, 0.3) is 0 Å². The number of quaternary nitrogens is 1. The zero-order chi connectivity index (χ0) is 4.50. The molecule has 0 amide bonds. The van der Waals surface area contributed by atoms with Crippen molar-refractivity contribution in [2.24, 2.45) is 0 Å². The molecule has 0 aliphatic heterocycles. The minimum Gasteiger partial charge on any atom is -0.822 e. The van der Waals surface area contributed by atoms with Gasteiger partial charge in [0.2, 0.25) is 0 Å². The van der Waals surface area contributed by atoms with E-state index in [-0.39, 0.29) is 40.3 Å². The van der Waals surface area contributed by atoms with Crippen LogP contribution in [0.4, 0.5) is 0 Å². The maximum atomic E-state index is 8.55. The van der Waals surface area contributed by atoms with E-state index in [0.717, 1.165) is 0 Å². The molecule has 0 heterocycles. The van der Waals surface area contributed by atoms with Crippen LogP contribution in [-0.4, -0.2) is 0 Å². The van der Waals surface area contributed by atoms with Crippen LogP contribution in [0.5, 0.6) is 0 Å². The Morgan fingerprint density at radius 2 is 1.12 bits per heavy atom. The molecule has 8 heavy (non-hydrogen) atoms. The Kier molecular flexibility index (Phi) is 23.3. The summed E-state index contributed by atoms with van der Waals surface area (Å²) in [4.78, 5) is 25.6. The van der Waals surface area contributed by atoms with Gasteiger partial charge in [0.25, 0.3) is 0 Å². The van der Waals surface area contributed by atoms with Gasteiger partial charge in [-0.15, -0.1) is 0 Å². The predicted molar refractivity (Wildman–Crippen MR) is 13.6 cm³/mol. The van der Waals surface area contributed by atoms with E-state index in [4.69, 9.17) is 19.2 Å². The van der Waals surface area contributed by atoms with Crippen molar-refractivity contribution in [3.8, 4) is 0 Å². The van der Waals surface area contributed by atoms with E-state index in [2.05, 4.69) is 0 Å². The van der Waals surface area contributed by atoms with Crippen molar-refractivity contribution >= 4 is 7.82 Å². The Labute approximate surface area is 67.6 Å². The molecule has 0 atom stereocenters. The fourth-order valence-electron chi connectivity index (χ4n) is 0. The average Bonchev–Trinajstić information content (AvgIpc) is 0.722. The largest absolute Gasteiger partial charge is 2.00 e. The summed E-state index contributed by atoms with van der Waals surface area (Å²) in [6.07, 6.45) is 0. The third-order valence-corrected chi connectivity index (χ3v) is 0. The van der Waals surface area contributed by atoms with E-state index >= 15 is 0 Å². The fourth-order valence-corrected chi connectivity index (χ4v) is 0. The van der Waals surface area contributed by atoms with Crippen LogP contribution < -0.4 is 20.8 Å². The predicted octanol–water partition coefficient (Wildman–Crippen LogP) is -2.45. The molecule has 0 rings (SSSR count). The molecule has 0 aliphatic carbocycles. The van der Waals surface area contributed by atoms with Crippen molar-refractivity contribution in [3.05, 3.63) is 0 Å². The van der Waals surface area contributed by atoms with Gasteiger partial charge in [-0.1, -0.05) is 0 Å². The summed E-state index contributed by atoms with van der Waals surface area (Å²) in [5, 5.41) is 0. The first-order valence-electron chi connectivity index (χ1n) is 0.730. The molecule has 0 bridgehead atoms. The van der Waals surface area contributed by atoms with E-state index in [1.807, 2.05) is 0 Å². The van der Waals surface area contributed by atoms with Gasteiger partial charge in [-0.2, -0.15) is 7.82 Å². The fraction of sp³-hybridized carbons (Fsp3) is 0. The van der Waals surface area contributed by atoms with Crippen molar-refractivity contribution in [1.29, 1.82) is 0 Å². The van der Waals surface area contributed by atoms with Gasteiger partial charge in [0.1, 0.15) is 0 Å². The van der Waals surface area contributed by atoms with Crippen LogP contribution in [-0.2, 0) is 38.7 Å². The maximum absolute atomic E-state index is 8.55. The van der Waals surface area contributed by atoms with Crippen LogP contribution in [0.3, 0.4) is 0 Å². The molecule has 1 radical (unpaired) electrons. The van der Waals surface area contributed by atoms with Crippen LogP contribution in [0, 0.1) is 0 Å². The van der Waals surface area contributed by atoms with Crippen LogP contribution in [0.15, 0.2) is 0 Å². The van der Waals surface area contributed by atoms with Crippen molar-refractivity contribution in [2.45, 2.75) is 0 Å². The molecule has 0 unspecified atom stereocenters. The Morgan fingerprint density at radius 3 is 1.12 bits per heavy atom. The molecule has 53 valence electrons. The number of hydrogen-bond acceptors (Lipinski definition) is 4. The Bertz CT molecular complexity index is 62.2. The quantitative estimate of drug-likeness (QED) is 0.362. The minimum absolute atomic E-state index is 0. The molecule has 4 N–H and O–H groups in total. The molecular formula is H4FeMnNO4P. The number of rotatable bonds is 0. The summed E-state index contributed by atoms with van der Waals surface area (Å²) in [7, 11) is -5.39. The van der Waals surface area contributed by atoms with Gasteiger partial charge in [-0.05, 0) is 0 Å². The molecule has 0 saturated heterocycles. The third kappa shape index (κ3) is 216. The first-order chi connectivity index (χ1) is 2.00. The summed E-state index contributed by atoms with van der Waals surface area (Å²) in [5.41, 5.74) is 0. The van der Waals surface area contributed by atoms with Gasteiger partial charge in [-0.3, -0.25) is 0 Å². The molecule has 5 nitrogen and oxygen atoms in total. The Hall–Kier alpha value is 1.11. The molecule has 0 fully saturated rings. The van der Waals surface area contributed by atoms with Gasteiger partial charge >= 0.3 is 17.1 Å². The summed E-state index contributed by atoms with van der Waals surface area (Å²) >= 11 is 0.